The smallest absolute Gasteiger partial charge is 0.285 e. The van der Waals surface area contributed by atoms with Crippen molar-refractivity contribution in [2.45, 2.75) is 6.18 Å². The van der Waals surface area contributed by atoms with E-state index < -0.39 is 11.7 Å². The fraction of sp³-hybridized carbons (Fsp3) is 0.100. The van der Waals surface area contributed by atoms with Crippen LogP contribution < -0.4 is 16.3 Å². The van der Waals surface area contributed by atoms with E-state index in [0.29, 0.717) is 0 Å². The summed E-state index contributed by atoms with van der Waals surface area (Å²) < 4.78 is 39.2. The second-order valence-electron chi connectivity index (χ2n) is 3.37. The maximum atomic E-state index is 12.7. The van der Waals surface area contributed by atoms with E-state index in [1.807, 2.05) is 0 Å². The SMILES string of the molecule is Nc1cc(C(F)(F)F)c2ccccc2[n+]1N. The molecule has 3 nitrogen and oxygen atoms in total. The van der Waals surface area contributed by atoms with Crippen molar-refractivity contribution in [1.29, 1.82) is 0 Å². The summed E-state index contributed by atoms with van der Waals surface area (Å²) >= 11 is 0. The van der Waals surface area contributed by atoms with Gasteiger partial charge in [0.05, 0.1) is 5.56 Å². The molecule has 84 valence electrons. The van der Waals surface area contributed by atoms with Crippen molar-refractivity contribution in [3.8, 4) is 0 Å². The number of hydrogen-bond acceptors (Lipinski definition) is 2. The highest BCUT2D eigenvalue weighted by atomic mass is 19.4. The van der Waals surface area contributed by atoms with Crippen molar-refractivity contribution in [3.63, 3.8) is 0 Å². The topological polar surface area (TPSA) is 55.9 Å². The monoisotopic (exact) mass is 228 g/mol. The van der Waals surface area contributed by atoms with Gasteiger partial charge in [-0.2, -0.15) is 13.2 Å². The highest BCUT2D eigenvalue weighted by Crippen LogP contribution is 2.34. The van der Waals surface area contributed by atoms with Gasteiger partial charge < -0.3 is 0 Å². The quantitative estimate of drug-likeness (QED) is 0.529. The molecule has 1 aromatic carbocycles. The Morgan fingerprint density at radius 3 is 2.38 bits per heavy atom. The molecule has 1 aromatic heterocycles. The van der Waals surface area contributed by atoms with Gasteiger partial charge in [-0.05, 0) is 6.07 Å². The molecule has 0 saturated heterocycles. The number of hydrogen-bond donors (Lipinski definition) is 2. The Labute approximate surface area is 89.1 Å². The lowest BCUT2D eigenvalue weighted by Crippen LogP contribution is -2.48. The Morgan fingerprint density at radius 1 is 1.12 bits per heavy atom. The molecular weight excluding hydrogens is 219 g/mol. The molecule has 0 amide bonds. The van der Waals surface area contributed by atoms with Crippen molar-refractivity contribution in [1.82, 2.24) is 0 Å². The molecule has 4 N–H and O–H groups in total. The summed E-state index contributed by atoms with van der Waals surface area (Å²) in [5.74, 6) is 5.42. The van der Waals surface area contributed by atoms with Crippen LogP contribution in [0.15, 0.2) is 30.3 Å². The van der Waals surface area contributed by atoms with Gasteiger partial charge in [-0.25, -0.2) is 0 Å². The van der Waals surface area contributed by atoms with Crippen LogP contribution in [0.25, 0.3) is 10.9 Å². The molecule has 16 heavy (non-hydrogen) atoms. The van der Waals surface area contributed by atoms with Crippen LogP contribution in [-0.4, -0.2) is 0 Å². The molecule has 0 aliphatic rings. The maximum absolute atomic E-state index is 12.7. The Balaban J connectivity index is 2.91. The van der Waals surface area contributed by atoms with E-state index in [4.69, 9.17) is 11.6 Å². The summed E-state index contributed by atoms with van der Waals surface area (Å²) in [6, 6.07) is 6.81. The minimum Gasteiger partial charge on any atom is -0.285 e. The van der Waals surface area contributed by atoms with Crippen molar-refractivity contribution in [3.05, 3.63) is 35.9 Å². The van der Waals surface area contributed by atoms with Gasteiger partial charge in [0.2, 0.25) is 0 Å². The summed E-state index contributed by atoms with van der Waals surface area (Å²) in [5, 5.41) is 0.0340. The summed E-state index contributed by atoms with van der Waals surface area (Å²) in [5.41, 5.74) is 4.89. The van der Waals surface area contributed by atoms with E-state index in [1.54, 1.807) is 6.07 Å². The van der Waals surface area contributed by atoms with E-state index in [0.717, 1.165) is 10.7 Å². The fourth-order valence-corrected chi connectivity index (χ4v) is 1.58. The number of rotatable bonds is 0. The van der Waals surface area contributed by atoms with Gasteiger partial charge in [-0.15, -0.1) is 4.68 Å². The van der Waals surface area contributed by atoms with Crippen LogP contribution >= 0.6 is 0 Å². The standard InChI is InChI=1S/C10H8F3N3/c11-10(12,13)7-5-9(14)16(15)8-4-2-1-3-6(7)8/h1-5,14H,15H2/p+1. The van der Waals surface area contributed by atoms with Crippen LogP contribution in [0.5, 0.6) is 0 Å². The lowest BCUT2D eigenvalue weighted by atomic mass is 10.1. The Bertz CT molecular complexity index is 549. The number of aromatic nitrogens is 1. The van der Waals surface area contributed by atoms with Crippen LogP contribution in [0.4, 0.5) is 19.0 Å². The van der Waals surface area contributed by atoms with Crippen LogP contribution in [0, 0.1) is 0 Å². The maximum Gasteiger partial charge on any atom is 0.417 e. The minimum atomic E-state index is -4.44. The lowest BCUT2D eigenvalue weighted by Gasteiger charge is -2.10. The molecule has 0 unspecified atom stereocenters. The van der Waals surface area contributed by atoms with Crippen LogP contribution in [0.3, 0.4) is 0 Å². The molecule has 2 rings (SSSR count). The highest BCUT2D eigenvalue weighted by Gasteiger charge is 2.35. The van der Waals surface area contributed by atoms with E-state index in [2.05, 4.69) is 0 Å². The van der Waals surface area contributed by atoms with Gasteiger partial charge in [-0.1, -0.05) is 18.2 Å². The number of alkyl halides is 3. The number of nitrogens with zero attached hydrogens (tertiary/aromatic N) is 1. The van der Waals surface area contributed by atoms with Gasteiger partial charge in [0.1, 0.15) is 0 Å². The van der Waals surface area contributed by atoms with Crippen molar-refractivity contribution >= 4 is 16.7 Å². The first-order chi connectivity index (χ1) is 7.41. The van der Waals surface area contributed by atoms with E-state index in [9.17, 15) is 13.2 Å². The zero-order valence-electron chi connectivity index (χ0n) is 8.12. The number of halogens is 3. The average Bonchev–Trinajstić information content (AvgIpc) is 2.22. The first-order valence-corrected chi connectivity index (χ1v) is 4.47. The highest BCUT2D eigenvalue weighted by molar-refractivity contribution is 5.81. The second kappa shape index (κ2) is 3.26. The predicted molar refractivity (Wildman–Crippen MR) is 53.7 cm³/mol. The van der Waals surface area contributed by atoms with Crippen molar-refractivity contribution < 1.29 is 17.8 Å². The lowest BCUT2D eigenvalue weighted by molar-refractivity contribution is -0.596. The molecule has 1 heterocycles. The number of benzene rings is 1. The van der Waals surface area contributed by atoms with Crippen LogP contribution in [-0.2, 0) is 6.18 Å². The third-order valence-electron chi connectivity index (χ3n) is 2.33. The van der Waals surface area contributed by atoms with E-state index in [1.165, 1.54) is 18.2 Å². The molecule has 0 atom stereocenters. The first kappa shape index (κ1) is 10.5. The predicted octanol–water partition coefficient (Wildman–Crippen LogP) is 1.44. The molecule has 0 bridgehead atoms. The number of anilines is 1. The number of fused-ring (bicyclic) bond motifs is 1. The van der Waals surface area contributed by atoms with Gasteiger partial charge in [0.25, 0.3) is 5.82 Å². The number of nitrogen functional groups attached to an aromatic ring is 2. The largest absolute Gasteiger partial charge is 0.417 e. The Hall–Kier alpha value is -1.98. The normalized spacial score (nSPS) is 11.9. The third kappa shape index (κ3) is 1.52. The van der Waals surface area contributed by atoms with Gasteiger partial charge in [-0.3, -0.25) is 11.6 Å². The molecule has 0 radical (unpaired) electrons. The minimum absolute atomic E-state index is 0.0340. The number of para-hydroxylation sites is 1. The summed E-state index contributed by atoms with van der Waals surface area (Å²) in [4.78, 5) is 0. The third-order valence-corrected chi connectivity index (χ3v) is 2.33. The van der Waals surface area contributed by atoms with Gasteiger partial charge >= 0.3 is 6.18 Å². The average molecular weight is 228 g/mol. The molecular formula is C10H9F3N3+. The molecule has 0 spiro atoms. The molecule has 2 aromatic rings. The Morgan fingerprint density at radius 2 is 1.75 bits per heavy atom. The molecule has 0 aliphatic carbocycles. The number of nitrogens with two attached hydrogens (primary N) is 2. The summed E-state index contributed by atoms with van der Waals surface area (Å²) in [7, 11) is 0. The van der Waals surface area contributed by atoms with Crippen molar-refractivity contribution in [2.75, 3.05) is 11.6 Å². The van der Waals surface area contributed by atoms with E-state index >= 15 is 0 Å². The summed E-state index contributed by atoms with van der Waals surface area (Å²) in [6.07, 6.45) is -4.44. The first-order valence-electron chi connectivity index (χ1n) is 4.47. The van der Waals surface area contributed by atoms with Crippen LogP contribution in [0.2, 0.25) is 0 Å². The fourth-order valence-electron chi connectivity index (χ4n) is 1.58. The van der Waals surface area contributed by atoms with E-state index in [-0.39, 0.29) is 16.7 Å². The van der Waals surface area contributed by atoms with Gasteiger partial charge in [0, 0.05) is 11.5 Å². The van der Waals surface area contributed by atoms with Gasteiger partial charge in [0.15, 0.2) is 5.52 Å². The zero-order chi connectivity index (χ0) is 11.9. The molecule has 0 aliphatic heterocycles. The molecule has 0 saturated carbocycles. The number of pyridine rings is 1. The summed E-state index contributed by atoms with van der Waals surface area (Å²) in [6.45, 7) is 0. The molecule has 6 heteroatoms. The Kier molecular flexibility index (Phi) is 2.15. The zero-order valence-corrected chi connectivity index (χ0v) is 8.12. The van der Waals surface area contributed by atoms with Crippen molar-refractivity contribution in [2.24, 2.45) is 0 Å². The van der Waals surface area contributed by atoms with Crippen LogP contribution in [0.1, 0.15) is 5.56 Å². The molecule has 0 fully saturated rings. The second-order valence-corrected chi connectivity index (χ2v) is 3.37.